The largest absolute Gasteiger partial charge is 0.278 e. The SMILES string of the molecule is CCc1ccc(N(CC2CC2)S(=O)(=O)c2ccc3[nH]ncc3c2)cc1. The van der Waals surface area contributed by atoms with Crippen LogP contribution in [0.2, 0.25) is 0 Å². The minimum absolute atomic E-state index is 0.307. The van der Waals surface area contributed by atoms with E-state index in [4.69, 9.17) is 0 Å². The predicted molar refractivity (Wildman–Crippen MR) is 99.2 cm³/mol. The Morgan fingerprint density at radius 1 is 1.16 bits per heavy atom. The highest BCUT2D eigenvalue weighted by molar-refractivity contribution is 7.92. The van der Waals surface area contributed by atoms with Crippen molar-refractivity contribution in [2.24, 2.45) is 5.92 Å². The molecule has 1 aliphatic carbocycles. The molecule has 0 unspecified atom stereocenters. The van der Waals surface area contributed by atoms with Gasteiger partial charge in [0.15, 0.2) is 0 Å². The lowest BCUT2D eigenvalue weighted by Gasteiger charge is -2.25. The maximum atomic E-state index is 13.3. The highest BCUT2D eigenvalue weighted by Crippen LogP contribution is 2.34. The summed E-state index contributed by atoms with van der Waals surface area (Å²) in [7, 11) is -3.61. The standard InChI is InChI=1S/C19H21N3O2S/c1-2-14-5-7-17(8-6-14)22(13-15-3-4-15)25(23,24)18-9-10-19-16(11-18)12-20-21-19/h5-12,15H,2-4,13H2,1H3,(H,20,21). The van der Waals surface area contributed by atoms with Crippen LogP contribution in [0, 0.1) is 5.92 Å². The van der Waals surface area contributed by atoms with Crippen molar-refractivity contribution in [3.8, 4) is 0 Å². The van der Waals surface area contributed by atoms with Gasteiger partial charge in [0.05, 0.1) is 22.3 Å². The molecule has 4 rings (SSSR count). The van der Waals surface area contributed by atoms with Crippen molar-refractivity contribution in [1.82, 2.24) is 10.2 Å². The summed E-state index contributed by atoms with van der Waals surface area (Å²) in [5.41, 5.74) is 2.77. The zero-order chi connectivity index (χ0) is 17.4. The number of benzene rings is 2. The van der Waals surface area contributed by atoms with Crippen LogP contribution in [-0.2, 0) is 16.4 Å². The normalized spacial score (nSPS) is 14.8. The molecule has 0 saturated heterocycles. The smallest absolute Gasteiger partial charge is 0.264 e. The lowest BCUT2D eigenvalue weighted by atomic mass is 10.1. The van der Waals surface area contributed by atoms with Gasteiger partial charge in [0.2, 0.25) is 0 Å². The van der Waals surface area contributed by atoms with Crippen LogP contribution in [0.5, 0.6) is 0 Å². The fourth-order valence-electron chi connectivity index (χ4n) is 2.98. The number of H-pyrrole nitrogens is 1. The third-order valence-electron chi connectivity index (χ3n) is 4.75. The quantitative estimate of drug-likeness (QED) is 0.733. The number of sulfonamides is 1. The van der Waals surface area contributed by atoms with Gasteiger partial charge in [0, 0.05) is 11.9 Å². The Morgan fingerprint density at radius 3 is 2.60 bits per heavy atom. The number of anilines is 1. The van der Waals surface area contributed by atoms with Crippen LogP contribution in [0.4, 0.5) is 5.69 Å². The second-order valence-corrected chi connectivity index (χ2v) is 8.48. The van der Waals surface area contributed by atoms with Gasteiger partial charge in [-0.1, -0.05) is 19.1 Å². The first-order chi connectivity index (χ1) is 12.1. The molecule has 1 fully saturated rings. The monoisotopic (exact) mass is 355 g/mol. The molecule has 1 heterocycles. The van der Waals surface area contributed by atoms with E-state index < -0.39 is 10.0 Å². The Labute approximate surface area is 147 Å². The maximum Gasteiger partial charge on any atom is 0.264 e. The van der Waals surface area contributed by atoms with Gasteiger partial charge < -0.3 is 0 Å². The molecule has 1 aliphatic rings. The second-order valence-electron chi connectivity index (χ2n) is 6.62. The summed E-state index contributed by atoms with van der Waals surface area (Å²) in [5, 5.41) is 7.63. The summed E-state index contributed by atoms with van der Waals surface area (Å²) >= 11 is 0. The van der Waals surface area contributed by atoms with Crippen LogP contribution >= 0.6 is 0 Å². The second kappa shape index (κ2) is 6.19. The van der Waals surface area contributed by atoms with Crippen LogP contribution in [0.15, 0.2) is 53.6 Å². The van der Waals surface area contributed by atoms with Crippen molar-refractivity contribution in [3.05, 3.63) is 54.2 Å². The highest BCUT2D eigenvalue weighted by Gasteiger charge is 2.32. The summed E-state index contributed by atoms with van der Waals surface area (Å²) < 4.78 is 28.2. The molecule has 1 aromatic heterocycles. The molecule has 0 spiro atoms. The Morgan fingerprint density at radius 2 is 1.92 bits per heavy atom. The van der Waals surface area contributed by atoms with Gasteiger partial charge in [-0.15, -0.1) is 0 Å². The van der Waals surface area contributed by atoms with Crippen molar-refractivity contribution in [3.63, 3.8) is 0 Å². The van der Waals surface area contributed by atoms with E-state index in [1.54, 1.807) is 28.7 Å². The molecule has 1 saturated carbocycles. The topological polar surface area (TPSA) is 66.1 Å². The lowest BCUT2D eigenvalue weighted by Crippen LogP contribution is -2.33. The zero-order valence-corrected chi connectivity index (χ0v) is 15.0. The number of fused-ring (bicyclic) bond motifs is 1. The van der Waals surface area contributed by atoms with E-state index in [0.717, 1.165) is 35.9 Å². The average Bonchev–Trinajstić information content (AvgIpc) is 3.33. The van der Waals surface area contributed by atoms with Crippen LogP contribution in [0.3, 0.4) is 0 Å². The third-order valence-corrected chi connectivity index (χ3v) is 6.54. The number of aryl methyl sites for hydroxylation is 1. The molecular weight excluding hydrogens is 334 g/mol. The van der Waals surface area contributed by atoms with E-state index in [0.29, 0.717) is 17.4 Å². The van der Waals surface area contributed by atoms with Crippen molar-refractivity contribution in [2.75, 3.05) is 10.8 Å². The first kappa shape index (κ1) is 16.1. The maximum absolute atomic E-state index is 13.3. The van der Waals surface area contributed by atoms with E-state index in [2.05, 4.69) is 17.1 Å². The van der Waals surface area contributed by atoms with E-state index in [9.17, 15) is 8.42 Å². The van der Waals surface area contributed by atoms with Gasteiger partial charge in [-0.05, 0) is 61.1 Å². The van der Waals surface area contributed by atoms with E-state index in [1.807, 2.05) is 24.3 Å². The molecule has 3 aromatic rings. The zero-order valence-electron chi connectivity index (χ0n) is 14.1. The fourth-order valence-corrected chi connectivity index (χ4v) is 4.56. The van der Waals surface area contributed by atoms with Crippen molar-refractivity contribution in [2.45, 2.75) is 31.1 Å². The van der Waals surface area contributed by atoms with Crippen molar-refractivity contribution in [1.29, 1.82) is 0 Å². The van der Waals surface area contributed by atoms with E-state index >= 15 is 0 Å². The number of nitrogens with one attached hydrogen (secondary N) is 1. The fraction of sp³-hybridized carbons (Fsp3) is 0.316. The molecule has 0 aliphatic heterocycles. The first-order valence-corrected chi connectivity index (χ1v) is 10.1. The number of hydrogen-bond donors (Lipinski definition) is 1. The van der Waals surface area contributed by atoms with E-state index in [-0.39, 0.29) is 0 Å². The molecule has 6 heteroatoms. The Kier molecular flexibility index (Phi) is 4.00. The lowest BCUT2D eigenvalue weighted by molar-refractivity contribution is 0.588. The molecular formula is C19H21N3O2S. The highest BCUT2D eigenvalue weighted by atomic mass is 32.2. The summed E-state index contributed by atoms with van der Waals surface area (Å²) in [6.45, 7) is 2.63. The van der Waals surface area contributed by atoms with Crippen molar-refractivity contribution >= 4 is 26.6 Å². The molecule has 0 amide bonds. The van der Waals surface area contributed by atoms with Gasteiger partial charge in [-0.25, -0.2) is 8.42 Å². The Balaban J connectivity index is 1.75. The molecule has 5 nitrogen and oxygen atoms in total. The molecule has 25 heavy (non-hydrogen) atoms. The first-order valence-electron chi connectivity index (χ1n) is 8.63. The molecule has 0 bridgehead atoms. The number of rotatable bonds is 6. The number of nitrogens with zero attached hydrogens (tertiary/aromatic N) is 2. The summed E-state index contributed by atoms with van der Waals surface area (Å²) in [4.78, 5) is 0.307. The Bertz CT molecular complexity index is 989. The van der Waals surface area contributed by atoms with Crippen LogP contribution in [-0.4, -0.2) is 25.2 Å². The summed E-state index contributed by atoms with van der Waals surface area (Å²) in [5.74, 6) is 0.457. The predicted octanol–water partition coefficient (Wildman–Crippen LogP) is 3.73. The van der Waals surface area contributed by atoms with Crippen LogP contribution < -0.4 is 4.31 Å². The van der Waals surface area contributed by atoms with E-state index in [1.165, 1.54) is 5.56 Å². The number of aromatic amines is 1. The molecule has 130 valence electrons. The summed E-state index contributed by atoms with van der Waals surface area (Å²) in [6, 6.07) is 12.9. The average molecular weight is 355 g/mol. The van der Waals surface area contributed by atoms with Gasteiger partial charge in [-0.3, -0.25) is 9.40 Å². The van der Waals surface area contributed by atoms with Gasteiger partial charge in [0.25, 0.3) is 10.0 Å². The Hall–Kier alpha value is -2.34. The molecule has 1 N–H and O–H groups in total. The van der Waals surface area contributed by atoms with Crippen molar-refractivity contribution < 1.29 is 8.42 Å². The molecule has 0 radical (unpaired) electrons. The van der Waals surface area contributed by atoms with Crippen LogP contribution in [0.1, 0.15) is 25.3 Å². The number of hydrogen-bond acceptors (Lipinski definition) is 3. The minimum atomic E-state index is -3.61. The minimum Gasteiger partial charge on any atom is -0.278 e. The molecule has 0 atom stereocenters. The summed E-state index contributed by atoms with van der Waals surface area (Å²) in [6.07, 6.45) is 4.78. The van der Waals surface area contributed by atoms with Crippen LogP contribution in [0.25, 0.3) is 10.9 Å². The number of aromatic nitrogens is 2. The van der Waals surface area contributed by atoms with Gasteiger partial charge in [-0.2, -0.15) is 5.10 Å². The molecule has 2 aromatic carbocycles. The third kappa shape index (κ3) is 3.14. The van der Waals surface area contributed by atoms with Gasteiger partial charge >= 0.3 is 0 Å². The van der Waals surface area contributed by atoms with Gasteiger partial charge in [0.1, 0.15) is 0 Å².